The molecule has 2 N–H and O–H groups in total. The van der Waals surface area contributed by atoms with Gasteiger partial charge in [0.05, 0.1) is 11.4 Å². The number of halogens is 1. The average molecular weight is 379 g/mol. The largest absolute Gasteiger partial charge is 0.396 e. The zero-order chi connectivity index (χ0) is 15.9. The van der Waals surface area contributed by atoms with Crippen LogP contribution in [-0.2, 0) is 14.8 Å². The smallest absolute Gasteiger partial charge is 0.243 e. The molecule has 0 bridgehead atoms. The SMILES string of the molecule is CCN(CC(=O)NCCCO)S(=O)(=O)c1ccc(Br)cc1. The van der Waals surface area contributed by atoms with Gasteiger partial charge in [-0.3, -0.25) is 4.79 Å². The van der Waals surface area contributed by atoms with Crippen molar-refractivity contribution in [2.24, 2.45) is 0 Å². The molecule has 1 rings (SSSR count). The highest BCUT2D eigenvalue weighted by molar-refractivity contribution is 9.10. The number of hydrogen-bond donors (Lipinski definition) is 2. The summed E-state index contributed by atoms with van der Waals surface area (Å²) < 4.78 is 26.8. The first-order valence-electron chi connectivity index (χ1n) is 6.55. The number of carbonyl (C=O) groups is 1. The summed E-state index contributed by atoms with van der Waals surface area (Å²) in [7, 11) is -3.69. The van der Waals surface area contributed by atoms with E-state index in [1.165, 1.54) is 12.1 Å². The van der Waals surface area contributed by atoms with Gasteiger partial charge in [0.1, 0.15) is 0 Å². The lowest BCUT2D eigenvalue weighted by Gasteiger charge is -2.20. The summed E-state index contributed by atoms with van der Waals surface area (Å²) >= 11 is 3.25. The van der Waals surface area contributed by atoms with Gasteiger partial charge in [-0.05, 0) is 30.7 Å². The summed E-state index contributed by atoms with van der Waals surface area (Å²) in [4.78, 5) is 11.9. The third-order valence-corrected chi connectivity index (χ3v) is 5.24. The normalized spacial score (nSPS) is 11.6. The molecule has 0 radical (unpaired) electrons. The average Bonchev–Trinajstić information content (AvgIpc) is 2.45. The number of rotatable bonds is 8. The lowest BCUT2D eigenvalue weighted by atomic mass is 10.4. The number of carbonyl (C=O) groups excluding carboxylic acids is 1. The topological polar surface area (TPSA) is 86.7 Å². The fraction of sp³-hybridized carbons (Fsp3) is 0.462. The Kier molecular flexibility index (Phi) is 7.30. The summed E-state index contributed by atoms with van der Waals surface area (Å²) in [5.74, 6) is -0.383. The van der Waals surface area contributed by atoms with Crippen LogP contribution < -0.4 is 5.32 Å². The van der Waals surface area contributed by atoms with E-state index in [4.69, 9.17) is 5.11 Å². The van der Waals surface area contributed by atoms with Crippen LogP contribution in [0.15, 0.2) is 33.6 Å². The highest BCUT2D eigenvalue weighted by Gasteiger charge is 2.24. The number of likely N-dealkylation sites (N-methyl/N-ethyl adjacent to an activating group) is 1. The standard InChI is InChI=1S/C13H19BrN2O4S/c1-2-16(10-13(18)15-8-3-9-17)21(19,20)12-6-4-11(14)5-7-12/h4-7,17H,2-3,8-10H2,1H3,(H,15,18). The van der Waals surface area contributed by atoms with E-state index in [9.17, 15) is 13.2 Å². The molecule has 21 heavy (non-hydrogen) atoms. The van der Waals surface area contributed by atoms with Gasteiger partial charge in [-0.2, -0.15) is 4.31 Å². The second-order valence-corrected chi connectivity index (χ2v) is 7.17. The van der Waals surface area contributed by atoms with E-state index in [1.807, 2.05) is 0 Å². The second kappa shape index (κ2) is 8.47. The van der Waals surface area contributed by atoms with Crippen molar-refractivity contribution in [1.82, 2.24) is 9.62 Å². The first kappa shape index (κ1) is 18.1. The van der Waals surface area contributed by atoms with Gasteiger partial charge in [0.15, 0.2) is 0 Å². The van der Waals surface area contributed by atoms with Crippen LogP contribution in [0.25, 0.3) is 0 Å². The van der Waals surface area contributed by atoms with Crippen LogP contribution in [0.3, 0.4) is 0 Å². The number of hydrogen-bond acceptors (Lipinski definition) is 4. The molecule has 0 heterocycles. The number of sulfonamides is 1. The summed E-state index contributed by atoms with van der Waals surface area (Å²) in [5.41, 5.74) is 0. The maximum atomic E-state index is 12.4. The number of amides is 1. The fourth-order valence-electron chi connectivity index (χ4n) is 1.65. The first-order chi connectivity index (χ1) is 9.91. The molecule has 0 saturated carbocycles. The van der Waals surface area contributed by atoms with Gasteiger partial charge in [-0.25, -0.2) is 8.42 Å². The van der Waals surface area contributed by atoms with Crippen molar-refractivity contribution >= 4 is 31.9 Å². The second-order valence-electron chi connectivity index (χ2n) is 4.31. The molecule has 0 aliphatic heterocycles. The Bertz CT molecular complexity index is 560. The van der Waals surface area contributed by atoms with E-state index in [0.29, 0.717) is 13.0 Å². The van der Waals surface area contributed by atoms with E-state index < -0.39 is 10.0 Å². The third-order valence-electron chi connectivity index (χ3n) is 2.78. The van der Waals surface area contributed by atoms with E-state index in [1.54, 1.807) is 19.1 Å². The zero-order valence-corrected chi connectivity index (χ0v) is 14.2. The van der Waals surface area contributed by atoms with Crippen LogP contribution in [-0.4, -0.2) is 50.0 Å². The molecule has 1 aromatic carbocycles. The van der Waals surface area contributed by atoms with Crippen molar-refractivity contribution in [2.75, 3.05) is 26.2 Å². The van der Waals surface area contributed by atoms with E-state index in [2.05, 4.69) is 21.2 Å². The summed E-state index contributed by atoms with van der Waals surface area (Å²) in [6, 6.07) is 6.27. The number of nitrogens with one attached hydrogen (secondary N) is 1. The molecule has 0 aromatic heterocycles. The molecule has 0 aliphatic carbocycles. The van der Waals surface area contributed by atoms with Crippen molar-refractivity contribution in [2.45, 2.75) is 18.2 Å². The van der Waals surface area contributed by atoms with Gasteiger partial charge in [0.2, 0.25) is 15.9 Å². The van der Waals surface area contributed by atoms with Gasteiger partial charge >= 0.3 is 0 Å². The Balaban J connectivity index is 2.78. The third kappa shape index (κ3) is 5.39. The maximum absolute atomic E-state index is 12.4. The van der Waals surface area contributed by atoms with Crippen molar-refractivity contribution in [3.05, 3.63) is 28.7 Å². The molecule has 0 fully saturated rings. The van der Waals surface area contributed by atoms with Crippen molar-refractivity contribution < 1.29 is 18.3 Å². The number of benzene rings is 1. The molecule has 0 spiro atoms. The van der Waals surface area contributed by atoms with Crippen LogP contribution in [0.2, 0.25) is 0 Å². The molecule has 8 heteroatoms. The number of nitrogens with zero attached hydrogens (tertiary/aromatic N) is 1. The van der Waals surface area contributed by atoms with Crippen molar-refractivity contribution in [3.63, 3.8) is 0 Å². The predicted octanol–water partition coefficient (Wildman–Crippen LogP) is 0.958. The molecule has 0 atom stereocenters. The monoisotopic (exact) mass is 378 g/mol. The Morgan fingerprint density at radius 2 is 1.95 bits per heavy atom. The van der Waals surface area contributed by atoms with Crippen LogP contribution in [0.4, 0.5) is 0 Å². The minimum atomic E-state index is -3.69. The Hall–Kier alpha value is -0.960. The lowest BCUT2D eigenvalue weighted by Crippen LogP contribution is -2.40. The minimum absolute atomic E-state index is 0.0189. The zero-order valence-electron chi connectivity index (χ0n) is 11.8. The Morgan fingerprint density at radius 1 is 1.33 bits per heavy atom. The Morgan fingerprint density at radius 3 is 2.48 bits per heavy atom. The molecule has 1 amide bonds. The first-order valence-corrected chi connectivity index (χ1v) is 8.78. The van der Waals surface area contributed by atoms with E-state index in [0.717, 1.165) is 8.78 Å². The summed E-state index contributed by atoms with van der Waals surface area (Å²) in [6.45, 7) is 1.95. The van der Waals surface area contributed by atoms with Gasteiger partial charge < -0.3 is 10.4 Å². The molecule has 118 valence electrons. The van der Waals surface area contributed by atoms with Crippen LogP contribution in [0, 0.1) is 0 Å². The van der Waals surface area contributed by atoms with Gasteiger partial charge in [0, 0.05) is 24.2 Å². The molecule has 6 nitrogen and oxygen atoms in total. The van der Waals surface area contributed by atoms with Gasteiger partial charge in [0.25, 0.3) is 0 Å². The lowest BCUT2D eigenvalue weighted by molar-refractivity contribution is -0.121. The molecule has 0 saturated heterocycles. The van der Waals surface area contributed by atoms with Crippen molar-refractivity contribution in [3.8, 4) is 0 Å². The molecule has 0 unspecified atom stereocenters. The molecule has 1 aromatic rings. The van der Waals surface area contributed by atoms with Gasteiger partial charge in [-0.15, -0.1) is 0 Å². The van der Waals surface area contributed by atoms with Crippen LogP contribution in [0.1, 0.15) is 13.3 Å². The highest BCUT2D eigenvalue weighted by Crippen LogP contribution is 2.18. The predicted molar refractivity (Wildman–Crippen MR) is 83.3 cm³/mol. The number of aliphatic hydroxyl groups excluding tert-OH is 1. The Labute approximate surface area is 133 Å². The molecule has 0 aliphatic rings. The minimum Gasteiger partial charge on any atom is -0.396 e. The van der Waals surface area contributed by atoms with E-state index in [-0.39, 0.29) is 30.5 Å². The summed E-state index contributed by atoms with van der Waals surface area (Å²) in [5, 5.41) is 11.2. The van der Waals surface area contributed by atoms with E-state index >= 15 is 0 Å². The maximum Gasteiger partial charge on any atom is 0.243 e. The fourth-order valence-corrected chi connectivity index (χ4v) is 3.31. The van der Waals surface area contributed by atoms with Crippen LogP contribution in [0.5, 0.6) is 0 Å². The molecular weight excluding hydrogens is 360 g/mol. The van der Waals surface area contributed by atoms with Crippen molar-refractivity contribution in [1.29, 1.82) is 0 Å². The van der Waals surface area contributed by atoms with Crippen LogP contribution >= 0.6 is 15.9 Å². The quantitative estimate of drug-likeness (QED) is 0.659. The molecular formula is C13H19BrN2O4S. The summed E-state index contributed by atoms with van der Waals surface area (Å²) in [6.07, 6.45) is 0.442. The van der Waals surface area contributed by atoms with Gasteiger partial charge in [-0.1, -0.05) is 22.9 Å². The number of aliphatic hydroxyl groups is 1. The highest BCUT2D eigenvalue weighted by atomic mass is 79.9.